The van der Waals surface area contributed by atoms with Gasteiger partial charge >= 0.3 is 0 Å². The molecule has 2 aromatic heterocycles. The van der Waals surface area contributed by atoms with E-state index in [0.29, 0.717) is 46.4 Å². The third-order valence-corrected chi connectivity index (χ3v) is 6.57. The van der Waals surface area contributed by atoms with Crippen molar-refractivity contribution in [2.45, 2.75) is 25.7 Å². The van der Waals surface area contributed by atoms with Crippen molar-refractivity contribution >= 4 is 15.7 Å². The molecule has 11 heteroatoms. The number of hydrogen-bond acceptors (Lipinski definition) is 8. The molecule has 0 aliphatic rings. The first-order valence-electron chi connectivity index (χ1n) is 10.7. The zero-order valence-electron chi connectivity index (χ0n) is 19.6. The van der Waals surface area contributed by atoms with Crippen molar-refractivity contribution in [3.05, 3.63) is 76.4 Å². The Morgan fingerprint density at radius 1 is 1.06 bits per heavy atom. The number of aryl methyl sites for hydroxylation is 2. The number of nitrogens with zero attached hydrogens (tertiary/aromatic N) is 3. The summed E-state index contributed by atoms with van der Waals surface area (Å²) in [5.74, 6) is 0.987. The van der Waals surface area contributed by atoms with Gasteiger partial charge in [0.1, 0.15) is 27.8 Å². The maximum Gasteiger partial charge on any atom is 0.271 e. The first-order chi connectivity index (χ1) is 16.7. The van der Waals surface area contributed by atoms with E-state index >= 15 is 0 Å². The van der Waals surface area contributed by atoms with E-state index in [9.17, 15) is 13.2 Å². The largest absolute Gasteiger partial charge is 0.495 e. The van der Waals surface area contributed by atoms with Gasteiger partial charge in [0.15, 0.2) is 5.76 Å². The Hall–Kier alpha value is -4.12. The van der Waals surface area contributed by atoms with Crippen LogP contribution in [0.5, 0.6) is 11.5 Å². The Kier molecular flexibility index (Phi) is 6.61. The Morgan fingerprint density at radius 3 is 2.51 bits per heavy atom. The van der Waals surface area contributed by atoms with Crippen molar-refractivity contribution < 1.29 is 22.4 Å². The number of aromatic nitrogens is 3. The maximum atomic E-state index is 13.4. The van der Waals surface area contributed by atoms with Crippen molar-refractivity contribution in [3.8, 4) is 28.4 Å². The first-order valence-corrected chi connectivity index (χ1v) is 12.2. The molecule has 0 saturated carbocycles. The molecule has 0 atom stereocenters. The minimum absolute atomic E-state index is 0.0966. The smallest absolute Gasteiger partial charge is 0.271 e. The highest BCUT2D eigenvalue weighted by atomic mass is 32.2. The van der Waals surface area contributed by atoms with E-state index in [1.165, 1.54) is 36.1 Å². The Morgan fingerprint density at radius 2 is 1.83 bits per heavy atom. The SMILES string of the molecule is CCOc1ccccc1NS(=O)(=O)c1cc(-c2ccc(=O)n(-c3c(C)noc3C)n2)ccc1OC. The highest BCUT2D eigenvalue weighted by molar-refractivity contribution is 7.92. The molecule has 2 aromatic carbocycles. The molecule has 4 rings (SSSR count). The summed E-state index contributed by atoms with van der Waals surface area (Å²) >= 11 is 0. The molecule has 182 valence electrons. The molecule has 0 unspecified atom stereocenters. The summed E-state index contributed by atoms with van der Waals surface area (Å²) in [4.78, 5) is 12.4. The van der Waals surface area contributed by atoms with Gasteiger partial charge in [-0.25, -0.2) is 8.42 Å². The van der Waals surface area contributed by atoms with Crippen LogP contribution in [0.2, 0.25) is 0 Å². The average molecular weight is 497 g/mol. The fourth-order valence-corrected chi connectivity index (χ4v) is 4.85. The predicted molar refractivity (Wildman–Crippen MR) is 130 cm³/mol. The molecule has 0 radical (unpaired) electrons. The molecule has 0 saturated heterocycles. The first kappa shape index (κ1) is 24.0. The molecule has 35 heavy (non-hydrogen) atoms. The van der Waals surface area contributed by atoms with Gasteiger partial charge < -0.3 is 14.0 Å². The fraction of sp³-hybridized carbons (Fsp3) is 0.208. The summed E-state index contributed by atoms with van der Waals surface area (Å²) in [6.07, 6.45) is 0. The van der Waals surface area contributed by atoms with Crippen LogP contribution in [-0.2, 0) is 10.0 Å². The van der Waals surface area contributed by atoms with Gasteiger partial charge in [-0.15, -0.1) is 0 Å². The zero-order chi connectivity index (χ0) is 25.2. The number of ether oxygens (including phenoxy) is 2. The van der Waals surface area contributed by atoms with E-state index in [-0.39, 0.29) is 16.2 Å². The Balaban J connectivity index is 1.79. The Labute approximate surface area is 202 Å². The van der Waals surface area contributed by atoms with E-state index in [0.717, 1.165) is 0 Å². The van der Waals surface area contributed by atoms with Gasteiger partial charge in [0.05, 0.1) is 25.1 Å². The van der Waals surface area contributed by atoms with Crippen molar-refractivity contribution in [1.29, 1.82) is 0 Å². The number of methoxy groups -OCH3 is 1. The second kappa shape index (κ2) is 9.63. The quantitative estimate of drug-likeness (QED) is 0.391. The van der Waals surface area contributed by atoms with E-state index in [1.54, 1.807) is 44.2 Å². The van der Waals surface area contributed by atoms with Gasteiger partial charge in [0.2, 0.25) is 0 Å². The highest BCUT2D eigenvalue weighted by Crippen LogP contribution is 2.33. The lowest BCUT2D eigenvalue weighted by Gasteiger charge is -2.15. The van der Waals surface area contributed by atoms with Gasteiger partial charge in [0.25, 0.3) is 15.6 Å². The summed E-state index contributed by atoms with van der Waals surface area (Å²) < 4.78 is 46.5. The van der Waals surface area contributed by atoms with Crippen LogP contribution in [0.1, 0.15) is 18.4 Å². The van der Waals surface area contributed by atoms with Crippen LogP contribution < -0.4 is 19.8 Å². The van der Waals surface area contributed by atoms with Crippen LogP contribution in [0.3, 0.4) is 0 Å². The third kappa shape index (κ3) is 4.76. The molecule has 0 aliphatic carbocycles. The van der Waals surface area contributed by atoms with Crippen molar-refractivity contribution in [3.63, 3.8) is 0 Å². The average Bonchev–Trinajstić information content (AvgIpc) is 3.18. The van der Waals surface area contributed by atoms with Crippen molar-refractivity contribution in [2.75, 3.05) is 18.4 Å². The zero-order valence-corrected chi connectivity index (χ0v) is 20.4. The number of anilines is 1. The second-order valence-electron chi connectivity index (χ2n) is 7.54. The van der Waals surface area contributed by atoms with Gasteiger partial charge in [-0.3, -0.25) is 9.52 Å². The molecule has 0 aliphatic heterocycles. The lowest BCUT2D eigenvalue weighted by Crippen LogP contribution is -2.21. The molecule has 2 heterocycles. The van der Waals surface area contributed by atoms with E-state index in [1.807, 2.05) is 6.92 Å². The topological polar surface area (TPSA) is 126 Å². The maximum absolute atomic E-state index is 13.4. The van der Waals surface area contributed by atoms with Gasteiger partial charge in [-0.05, 0) is 57.2 Å². The number of rotatable bonds is 8. The number of nitrogens with one attached hydrogen (secondary N) is 1. The fourth-order valence-electron chi connectivity index (χ4n) is 3.58. The molecule has 0 fully saturated rings. The normalized spacial score (nSPS) is 11.3. The molecule has 4 aromatic rings. The van der Waals surface area contributed by atoms with E-state index in [2.05, 4.69) is 15.0 Å². The van der Waals surface area contributed by atoms with E-state index < -0.39 is 10.0 Å². The van der Waals surface area contributed by atoms with Gasteiger partial charge in [0, 0.05) is 11.6 Å². The summed E-state index contributed by atoms with van der Waals surface area (Å²) in [5, 5.41) is 8.31. The molecular weight excluding hydrogens is 472 g/mol. The Bertz CT molecular complexity index is 1520. The molecule has 0 bridgehead atoms. The molecule has 10 nitrogen and oxygen atoms in total. The van der Waals surface area contributed by atoms with Crippen LogP contribution in [0.4, 0.5) is 5.69 Å². The van der Waals surface area contributed by atoms with Crippen LogP contribution in [0.25, 0.3) is 16.9 Å². The predicted octanol–water partition coefficient (Wildman–Crippen LogP) is 3.71. The molecular formula is C24H24N4O6S. The summed E-state index contributed by atoms with van der Waals surface area (Å²) in [6, 6.07) is 14.3. The standard InChI is InChI=1S/C24H24N4O6S/c1-5-33-20-9-7-6-8-19(20)27-35(30,31)22-14-17(10-12-21(22)32-4)18-11-13-23(29)28(25-18)24-15(2)26-34-16(24)3/h6-14,27H,5H2,1-4H3. The van der Waals surface area contributed by atoms with E-state index in [4.69, 9.17) is 14.0 Å². The number of benzene rings is 2. The lowest BCUT2D eigenvalue weighted by molar-refractivity contribution is 0.342. The second-order valence-corrected chi connectivity index (χ2v) is 9.19. The van der Waals surface area contributed by atoms with Crippen LogP contribution >= 0.6 is 0 Å². The van der Waals surface area contributed by atoms with Gasteiger partial charge in [-0.2, -0.15) is 9.78 Å². The molecule has 0 amide bonds. The van der Waals surface area contributed by atoms with Gasteiger partial charge in [-0.1, -0.05) is 17.3 Å². The van der Waals surface area contributed by atoms with Crippen molar-refractivity contribution in [1.82, 2.24) is 14.9 Å². The monoisotopic (exact) mass is 496 g/mol. The summed E-state index contributed by atoms with van der Waals surface area (Å²) in [7, 11) is -2.69. The summed E-state index contributed by atoms with van der Waals surface area (Å²) in [5.41, 5.74) is 1.70. The summed E-state index contributed by atoms with van der Waals surface area (Å²) in [6.45, 7) is 5.58. The third-order valence-electron chi connectivity index (χ3n) is 5.19. The van der Waals surface area contributed by atoms with Crippen LogP contribution in [0.15, 0.2) is 68.8 Å². The molecule has 0 spiro atoms. The molecule has 1 N–H and O–H groups in total. The minimum atomic E-state index is -4.08. The minimum Gasteiger partial charge on any atom is -0.495 e. The number of sulfonamides is 1. The highest BCUT2D eigenvalue weighted by Gasteiger charge is 2.23. The number of hydrogen-bond donors (Lipinski definition) is 1. The van der Waals surface area contributed by atoms with Crippen LogP contribution in [-0.4, -0.2) is 37.1 Å². The number of para-hydroxylation sites is 2. The lowest BCUT2D eigenvalue weighted by atomic mass is 10.1. The van der Waals surface area contributed by atoms with Crippen molar-refractivity contribution in [2.24, 2.45) is 0 Å². The van der Waals surface area contributed by atoms with Crippen LogP contribution in [0, 0.1) is 13.8 Å².